The van der Waals surface area contributed by atoms with E-state index in [1.54, 1.807) is 12.1 Å². The molecule has 1 aromatic carbocycles. The Morgan fingerprint density at radius 3 is 2.83 bits per heavy atom. The maximum Gasteiger partial charge on any atom is 0.153 e. The summed E-state index contributed by atoms with van der Waals surface area (Å²) in [5.74, 6) is -0.251. The van der Waals surface area contributed by atoms with E-state index in [9.17, 15) is 4.39 Å². The molecule has 100 valence electrons. The lowest BCUT2D eigenvalue weighted by Gasteiger charge is -2.21. The molecule has 0 saturated heterocycles. The first kappa shape index (κ1) is 14.7. The van der Waals surface area contributed by atoms with Gasteiger partial charge in [0.15, 0.2) is 5.84 Å². The number of rotatable bonds is 6. The van der Waals surface area contributed by atoms with Gasteiger partial charge in [-0.1, -0.05) is 29.7 Å². The summed E-state index contributed by atoms with van der Waals surface area (Å²) in [4.78, 5) is 1.87. The van der Waals surface area contributed by atoms with Crippen LogP contribution in [0.4, 0.5) is 4.39 Å². The van der Waals surface area contributed by atoms with Gasteiger partial charge < -0.3 is 10.9 Å². The third kappa shape index (κ3) is 4.16. The van der Waals surface area contributed by atoms with Crippen LogP contribution in [0.1, 0.15) is 18.9 Å². The summed E-state index contributed by atoms with van der Waals surface area (Å²) in [5, 5.41) is 11.9. The van der Waals surface area contributed by atoms with Gasteiger partial charge in [-0.25, -0.2) is 4.39 Å². The van der Waals surface area contributed by atoms with Gasteiger partial charge in [0.25, 0.3) is 0 Å². The van der Waals surface area contributed by atoms with Crippen LogP contribution in [-0.2, 0) is 6.54 Å². The largest absolute Gasteiger partial charge is 0.409 e. The maximum absolute atomic E-state index is 13.6. The summed E-state index contributed by atoms with van der Waals surface area (Å²) in [5.41, 5.74) is 5.89. The second-order valence-corrected chi connectivity index (χ2v) is 4.41. The molecule has 18 heavy (non-hydrogen) atoms. The number of hydrogen-bond donors (Lipinski definition) is 2. The van der Waals surface area contributed by atoms with Crippen molar-refractivity contribution in [1.82, 2.24) is 4.90 Å². The second-order valence-electron chi connectivity index (χ2n) is 4.00. The first-order valence-electron chi connectivity index (χ1n) is 5.70. The van der Waals surface area contributed by atoms with Crippen LogP contribution in [0, 0.1) is 5.82 Å². The van der Waals surface area contributed by atoms with Gasteiger partial charge in [-0.3, -0.25) is 4.90 Å². The van der Waals surface area contributed by atoms with Crippen LogP contribution in [0.3, 0.4) is 0 Å². The van der Waals surface area contributed by atoms with E-state index in [1.165, 1.54) is 6.07 Å². The van der Waals surface area contributed by atoms with Crippen molar-refractivity contribution < 1.29 is 9.60 Å². The number of nitrogens with two attached hydrogens (primary N) is 1. The molecule has 6 heteroatoms. The fourth-order valence-corrected chi connectivity index (χ4v) is 1.92. The number of oxime groups is 1. The highest BCUT2D eigenvalue weighted by molar-refractivity contribution is 6.31. The van der Waals surface area contributed by atoms with Crippen LogP contribution in [0.2, 0.25) is 5.02 Å². The molecular weight excluding hydrogens is 257 g/mol. The molecular formula is C12H17ClFN3O. The van der Waals surface area contributed by atoms with E-state index < -0.39 is 0 Å². The Morgan fingerprint density at radius 1 is 1.56 bits per heavy atom. The average molecular weight is 274 g/mol. The quantitative estimate of drug-likeness (QED) is 0.362. The highest BCUT2D eigenvalue weighted by atomic mass is 35.5. The Labute approximate surface area is 111 Å². The summed E-state index contributed by atoms with van der Waals surface area (Å²) >= 11 is 5.97. The molecule has 0 spiro atoms. The van der Waals surface area contributed by atoms with E-state index in [1.807, 2.05) is 11.8 Å². The van der Waals surface area contributed by atoms with Gasteiger partial charge in [0.05, 0.1) is 6.54 Å². The Morgan fingerprint density at radius 2 is 2.28 bits per heavy atom. The lowest BCUT2D eigenvalue weighted by Crippen LogP contribution is -2.34. The molecule has 3 N–H and O–H groups in total. The lowest BCUT2D eigenvalue weighted by atomic mass is 10.2. The predicted octanol–water partition coefficient (Wildman–Crippen LogP) is 2.44. The number of halogens is 2. The third-order valence-electron chi connectivity index (χ3n) is 2.50. The Hall–Kier alpha value is -1.33. The molecule has 0 radical (unpaired) electrons. The van der Waals surface area contributed by atoms with Gasteiger partial charge in [0.1, 0.15) is 5.82 Å². The topological polar surface area (TPSA) is 61.8 Å². The number of hydrogen-bond acceptors (Lipinski definition) is 3. The summed E-state index contributed by atoms with van der Waals surface area (Å²) in [6, 6.07) is 4.58. The van der Waals surface area contributed by atoms with E-state index in [0.29, 0.717) is 23.7 Å². The minimum absolute atomic E-state index is 0.0934. The molecule has 0 bridgehead atoms. The van der Waals surface area contributed by atoms with Crippen molar-refractivity contribution in [2.45, 2.75) is 19.9 Å². The highest BCUT2D eigenvalue weighted by Gasteiger charge is 2.13. The number of amidine groups is 1. The Kier molecular flexibility index (Phi) is 5.88. The summed E-state index contributed by atoms with van der Waals surface area (Å²) < 4.78 is 13.6. The van der Waals surface area contributed by atoms with Crippen LogP contribution >= 0.6 is 11.6 Å². The second kappa shape index (κ2) is 7.18. The summed E-state index contributed by atoms with van der Waals surface area (Å²) in [6.45, 7) is 3.31. The fourth-order valence-electron chi connectivity index (χ4n) is 1.70. The fraction of sp³-hybridized carbons (Fsp3) is 0.417. The van der Waals surface area contributed by atoms with Crippen molar-refractivity contribution in [1.29, 1.82) is 0 Å². The van der Waals surface area contributed by atoms with Gasteiger partial charge >= 0.3 is 0 Å². The Bertz CT molecular complexity index is 406. The highest BCUT2D eigenvalue weighted by Crippen LogP contribution is 2.20. The monoisotopic (exact) mass is 273 g/mol. The zero-order valence-corrected chi connectivity index (χ0v) is 11.0. The minimum atomic E-state index is -0.344. The molecule has 1 rings (SSSR count). The van der Waals surface area contributed by atoms with Crippen LogP contribution in [0.25, 0.3) is 0 Å². The third-order valence-corrected chi connectivity index (χ3v) is 2.85. The standard InChI is InChI=1S/C12H17ClFN3O/c1-2-6-17(8-12(15)16-18)7-9-10(13)4-3-5-11(9)14/h3-5,18H,2,6-8H2,1H3,(H2,15,16). The molecule has 0 atom stereocenters. The molecule has 0 aromatic heterocycles. The van der Waals surface area contributed by atoms with Gasteiger partial charge in [0, 0.05) is 17.1 Å². The van der Waals surface area contributed by atoms with E-state index >= 15 is 0 Å². The number of benzene rings is 1. The molecule has 0 saturated carbocycles. The maximum atomic E-state index is 13.6. The normalized spacial score (nSPS) is 12.1. The minimum Gasteiger partial charge on any atom is -0.409 e. The van der Waals surface area contributed by atoms with Gasteiger partial charge in [-0.15, -0.1) is 0 Å². The molecule has 0 amide bonds. The van der Waals surface area contributed by atoms with Crippen molar-refractivity contribution in [2.24, 2.45) is 10.9 Å². The predicted molar refractivity (Wildman–Crippen MR) is 70.4 cm³/mol. The SMILES string of the molecule is CCCN(CC(N)=NO)Cc1c(F)cccc1Cl. The smallest absolute Gasteiger partial charge is 0.153 e. The van der Waals surface area contributed by atoms with Gasteiger partial charge in [0.2, 0.25) is 0 Å². The van der Waals surface area contributed by atoms with Crippen molar-refractivity contribution >= 4 is 17.4 Å². The van der Waals surface area contributed by atoms with E-state index in [4.69, 9.17) is 22.5 Å². The van der Waals surface area contributed by atoms with Crippen LogP contribution in [0.15, 0.2) is 23.4 Å². The molecule has 1 aromatic rings. The van der Waals surface area contributed by atoms with E-state index in [2.05, 4.69) is 5.16 Å². The van der Waals surface area contributed by atoms with Crippen LogP contribution < -0.4 is 5.73 Å². The molecule has 0 heterocycles. The molecule has 0 fully saturated rings. The summed E-state index contributed by atoms with van der Waals surface area (Å²) in [6.07, 6.45) is 0.880. The van der Waals surface area contributed by atoms with Crippen molar-refractivity contribution in [3.8, 4) is 0 Å². The molecule has 0 unspecified atom stereocenters. The van der Waals surface area contributed by atoms with Crippen molar-refractivity contribution in [3.05, 3.63) is 34.6 Å². The van der Waals surface area contributed by atoms with Crippen LogP contribution in [0.5, 0.6) is 0 Å². The van der Waals surface area contributed by atoms with Crippen molar-refractivity contribution in [2.75, 3.05) is 13.1 Å². The first-order valence-corrected chi connectivity index (χ1v) is 6.08. The zero-order valence-electron chi connectivity index (χ0n) is 10.2. The first-order chi connectivity index (χ1) is 8.58. The molecule has 0 aliphatic rings. The molecule has 4 nitrogen and oxygen atoms in total. The lowest BCUT2D eigenvalue weighted by molar-refractivity contribution is 0.283. The summed E-state index contributed by atoms with van der Waals surface area (Å²) in [7, 11) is 0. The average Bonchev–Trinajstić information content (AvgIpc) is 2.34. The van der Waals surface area contributed by atoms with Crippen molar-refractivity contribution in [3.63, 3.8) is 0 Å². The van der Waals surface area contributed by atoms with E-state index in [-0.39, 0.29) is 18.2 Å². The molecule has 0 aliphatic heterocycles. The molecule has 0 aliphatic carbocycles. The van der Waals surface area contributed by atoms with E-state index in [0.717, 1.165) is 6.42 Å². The Balaban J connectivity index is 2.82. The zero-order chi connectivity index (χ0) is 13.5. The number of nitrogens with zero attached hydrogens (tertiary/aromatic N) is 2. The van der Waals surface area contributed by atoms with Gasteiger partial charge in [-0.2, -0.15) is 0 Å². The van der Waals surface area contributed by atoms with Gasteiger partial charge in [-0.05, 0) is 25.1 Å². The van der Waals surface area contributed by atoms with Crippen LogP contribution in [-0.4, -0.2) is 29.0 Å².